The second-order valence-corrected chi connectivity index (χ2v) is 3.81. The molecule has 1 heterocycles. The second kappa shape index (κ2) is 3.55. The Balaban J connectivity index is 2.54. The molecule has 1 aromatic carbocycles. The molecule has 0 saturated heterocycles. The fourth-order valence-corrected chi connectivity index (χ4v) is 1.67. The van der Waals surface area contributed by atoms with E-state index in [1.165, 1.54) is 12.1 Å². The highest BCUT2D eigenvalue weighted by Crippen LogP contribution is 2.24. The van der Waals surface area contributed by atoms with Gasteiger partial charge in [0.15, 0.2) is 11.6 Å². The quantitative estimate of drug-likeness (QED) is 0.791. The zero-order valence-corrected chi connectivity index (χ0v) is 8.44. The van der Waals surface area contributed by atoms with Crippen LogP contribution >= 0.6 is 0 Å². The molecule has 3 N–H and O–H groups in total. The number of rotatable bonds is 2. The van der Waals surface area contributed by atoms with Crippen LogP contribution in [0.2, 0.25) is 0 Å². The summed E-state index contributed by atoms with van der Waals surface area (Å²) in [5.74, 6) is -0.923. The highest BCUT2D eigenvalue weighted by molar-refractivity contribution is 5.81. The van der Waals surface area contributed by atoms with Gasteiger partial charge in [-0.05, 0) is 19.1 Å². The average Bonchev–Trinajstić information content (AvgIpc) is 2.49. The first kappa shape index (κ1) is 9.98. The summed E-state index contributed by atoms with van der Waals surface area (Å²) in [6, 6.07) is 4.57. The standard InChI is InChI=1S/C11H13FN2O/c1-7(13)6-14-3-2-8-4-9(12)11(15)5-10(8)14/h2-5,7,15H,6,13H2,1H3/t7-/m0/s1. The van der Waals surface area contributed by atoms with Crippen molar-refractivity contribution in [2.24, 2.45) is 5.73 Å². The van der Waals surface area contributed by atoms with Crippen molar-refractivity contribution in [2.75, 3.05) is 0 Å². The van der Waals surface area contributed by atoms with Gasteiger partial charge < -0.3 is 15.4 Å². The van der Waals surface area contributed by atoms with Crippen molar-refractivity contribution in [1.29, 1.82) is 0 Å². The molecule has 3 nitrogen and oxygen atoms in total. The molecule has 4 heteroatoms. The van der Waals surface area contributed by atoms with Gasteiger partial charge in [0.05, 0.1) is 5.52 Å². The van der Waals surface area contributed by atoms with Gasteiger partial charge in [-0.15, -0.1) is 0 Å². The van der Waals surface area contributed by atoms with E-state index in [9.17, 15) is 9.50 Å². The summed E-state index contributed by atoms with van der Waals surface area (Å²) < 4.78 is 14.9. The van der Waals surface area contributed by atoms with E-state index in [0.29, 0.717) is 6.54 Å². The predicted molar refractivity (Wildman–Crippen MR) is 57.2 cm³/mol. The normalized spacial score (nSPS) is 13.3. The molecule has 0 aliphatic carbocycles. The van der Waals surface area contributed by atoms with Crippen LogP contribution in [0.25, 0.3) is 10.9 Å². The minimum Gasteiger partial charge on any atom is -0.505 e. The van der Waals surface area contributed by atoms with E-state index in [1.807, 2.05) is 17.7 Å². The maximum Gasteiger partial charge on any atom is 0.165 e. The Morgan fingerprint density at radius 2 is 2.27 bits per heavy atom. The fraction of sp³-hybridized carbons (Fsp3) is 0.273. The summed E-state index contributed by atoms with van der Waals surface area (Å²) >= 11 is 0. The van der Waals surface area contributed by atoms with E-state index < -0.39 is 5.82 Å². The lowest BCUT2D eigenvalue weighted by Crippen LogP contribution is -2.21. The van der Waals surface area contributed by atoms with Gasteiger partial charge in [-0.3, -0.25) is 0 Å². The van der Waals surface area contributed by atoms with Crippen LogP contribution in [-0.2, 0) is 6.54 Å². The molecule has 0 radical (unpaired) electrons. The summed E-state index contributed by atoms with van der Waals surface area (Å²) in [4.78, 5) is 0. The summed E-state index contributed by atoms with van der Waals surface area (Å²) in [7, 11) is 0. The van der Waals surface area contributed by atoms with Crippen LogP contribution in [0.4, 0.5) is 4.39 Å². The molecule has 2 aromatic rings. The first-order chi connectivity index (χ1) is 7.08. The van der Waals surface area contributed by atoms with Gasteiger partial charge in [-0.2, -0.15) is 0 Å². The predicted octanol–water partition coefficient (Wildman–Crippen LogP) is 1.83. The Morgan fingerprint density at radius 3 is 2.93 bits per heavy atom. The molecule has 1 atom stereocenters. The molecule has 2 rings (SSSR count). The van der Waals surface area contributed by atoms with E-state index in [4.69, 9.17) is 5.73 Å². The lowest BCUT2D eigenvalue weighted by molar-refractivity contribution is 0.433. The molecule has 80 valence electrons. The van der Waals surface area contributed by atoms with Crippen molar-refractivity contribution in [3.05, 3.63) is 30.2 Å². The van der Waals surface area contributed by atoms with Crippen LogP contribution in [0, 0.1) is 5.82 Å². The molecule has 0 aliphatic heterocycles. The Bertz CT molecular complexity index is 491. The topological polar surface area (TPSA) is 51.2 Å². The van der Waals surface area contributed by atoms with Crippen molar-refractivity contribution < 1.29 is 9.50 Å². The van der Waals surface area contributed by atoms with E-state index in [2.05, 4.69) is 0 Å². The second-order valence-electron chi connectivity index (χ2n) is 3.81. The Kier molecular flexibility index (Phi) is 2.36. The fourth-order valence-electron chi connectivity index (χ4n) is 1.67. The smallest absolute Gasteiger partial charge is 0.165 e. The van der Waals surface area contributed by atoms with Crippen molar-refractivity contribution in [2.45, 2.75) is 19.5 Å². The van der Waals surface area contributed by atoms with Crippen LogP contribution in [-0.4, -0.2) is 15.7 Å². The average molecular weight is 208 g/mol. The molecule has 0 aliphatic rings. The first-order valence-corrected chi connectivity index (χ1v) is 4.81. The maximum atomic E-state index is 13.0. The van der Waals surface area contributed by atoms with E-state index in [-0.39, 0.29) is 11.8 Å². The zero-order valence-electron chi connectivity index (χ0n) is 8.44. The summed E-state index contributed by atoms with van der Waals surface area (Å²) in [6.07, 6.45) is 1.84. The zero-order chi connectivity index (χ0) is 11.0. The van der Waals surface area contributed by atoms with Gasteiger partial charge in [-0.1, -0.05) is 0 Å². The molecule has 15 heavy (non-hydrogen) atoms. The Labute approximate surface area is 86.9 Å². The highest BCUT2D eigenvalue weighted by atomic mass is 19.1. The van der Waals surface area contributed by atoms with Gasteiger partial charge in [0.2, 0.25) is 0 Å². The largest absolute Gasteiger partial charge is 0.505 e. The van der Waals surface area contributed by atoms with Crippen LogP contribution in [0.15, 0.2) is 24.4 Å². The SMILES string of the molecule is C[C@H](N)Cn1ccc2cc(F)c(O)cc21. The van der Waals surface area contributed by atoms with Gasteiger partial charge >= 0.3 is 0 Å². The molecule has 1 aromatic heterocycles. The maximum absolute atomic E-state index is 13.0. The first-order valence-electron chi connectivity index (χ1n) is 4.81. The molecule has 0 spiro atoms. The monoisotopic (exact) mass is 208 g/mol. The molecule has 0 saturated carbocycles. The molecular weight excluding hydrogens is 195 g/mol. The molecule has 0 unspecified atom stereocenters. The summed E-state index contributed by atoms with van der Waals surface area (Å²) in [5.41, 5.74) is 6.48. The van der Waals surface area contributed by atoms with Gasteiger partial charge in [0.1, 0.15) is 0 Å². The van der Waals surface area contributed by atoms with Gasteiger partial charge in [-0.25, -0.2) is 4.39 Å². The van der Waals surface area contributed by atoms with Crippen molar-refractivity contribution in [3.63, 3.8) is 0 Å². The minimum absolute atomic E-state index is 0.0211. The number of benzene rings is 1. The molecule has 0 amide bonds. The number of aromatic nitrogens is 1. The lowest BCUT2D eigenvalue weighted by atomic mass is 10.2. The third-order valence-corrected chi connectivity index (χ3v) is 2.32. The van der Waals surface area contributed by atoms with Gasteiger partial charge in [0, 0.05) is 30.2 Å². The number of phenols is 1. The number of aromatic hydroxyl groups is 1. The van der Waals surface area contributed by atoms with Crippen LogP contribution < -0.4 is 5.73 Å². The van der Waals surface area contributed by atoms with E-state index in [0.717, 1.165) is 10.9 Å². The Morgan fingerprint density at radius 1 is 1.53 bits per heavy atom. The number of hydrogen-bond donors (Lipinski definition) is 2. The van der Waals surface area contributed by atoms with E-state index >= 15 is 0 Å². The van der Waals surface area contributed by atoms with Crippen LogP contribution in [0.1, 0.15) is 6.92 Å². The molecular formula is C11H13FN2O. The third kappa shape index (κ3) is 1.80. The minimum atomic E-state index is -0.596. The summed E-state index contributed by atoms with van der Waals surface area (Å²) in [6.45, 7) is 2.55. The number of halogens is 1. The number of phenolic OH excluding ortho intramolecular Hbond substituents is 1. The van der Waals surface area contributed by atoms with Crippen LogP contribution in [0.5, 0.6) is 5.75 Å². The number of fused-ring (bicyclic) bond motifs is 1. The third-order valence-electron chi connectivity index (χ3n) is 2.32. The number of hydrogen-bond acceptors (Lipinski definition) is 2. The number of nitrogens with zero attached hydrogens (tertiary/aromatic N) is 1. The Hall–Kier alpha value is -1.55. The molecule has 0 bridgehead atoms. The van der Waals surface area contributed by atoms with Crippen molar-refractivity contribution in [1.82, 2.24) is 4.57 Å². The van der Waals surface area contributed by atoms with E-state index in [1.54, 1.807) is 6.07 Å². The van der Waals surface area contributed by atoms with Crippen molar-refractivity contribution in [3.8, 4) is 5.75 Å². The summed E-state index contributed by atoms with van der Waals surface area (Å²) in [5, 5.41) is 10.0. The molecule has 0 fully saturated rings. The van der Waals surface area contributed by atoms with Crippen LogP contribution in [0.3, 0.4) is 0 Å². The lowest BCUT2D eigenvalue weighted by Gasteiger charge is -2.08. The van der Waals surface area contributed by atoms with Gasteiger partial charge in [0.25, 0.3) is 0 Å². The highest BCUT2D eigenvalue weighted by Gasteiger charge is 2.07. The van der Waals surface area contributed by atoms with Crippen molar-refractivity contribution >= 4 is 10.9 Å². The number of nitrogens with two attached hydrogens (primary N) is 1.